The average molecular weight is 422 g/mol. The molecule has 0 saturated carbocycles. The molecule has 0 spiro atoms. The summed E-state index contributed by atoms with van der Waals surface area (Å²) < 4.78 is 27.7. The molecule has 3 rings (SSSR count). The summed E-state index contributed by atoms with van der Waals surface area (Å²) in [6.45, 7) is 1.16. The van der Waals surface area contributed by atoms with E-state index in [9.17, 15) is 13.6 Å². The molecule has 0 atom stereocenters. The Labute approximate surface area is 171 Å². The molecule has 4 nitrogen and oxygen atoms in total. The van der Waals surface area contributed by atoms with Gasteiger partial charge in [0.05, 0.1) is 4.70 Å². The van der Waals surface area contributed by atoms with Gasteiger partial charge in [-0.1, -0.05) is 17.4 Å². The highest BCUT2D eigenvalue weighted by Gasteiger charge is 2.20. The Bertz CT molecular complexity index is 944. The first kappa shape index (κ1) is 20.7. The van der Waals surface area contributed by atoms with Gasteiger partial charge >= 0.3 is 0 Å². The van der Waals surface area contributed by atoms with Crippen LogP contribution in [0.4, 0.5) is 13.9 Å². The van der Waals surface area contributed by atoms with Crippen molar-refractivity contribution >= 4 is 44.4 Å². The number of carbonyl (C=O) groups excluding carboxylic acids is 1. The average Bonchev–Trinajstić information content (AvgIpc) is 3.08. The summed E-state index contributed by atoms with van der Waals surface area (Å²) in [5, 5.41) is 0.513. The first-order chi connectivity index (χ1) is 13.4. The molecule has 0 aliphatic rings. The van der Waals surface area contributed by atoms with Crippen molar-refractivity contribution in [1.29, 1.82) is 0 Å². The third kappa shape index (κ3) is 5.27. The van der Waals surface area contributed by atoms with Gasteiger partial charge in [0.25, 0.3) is 0 Å². The van der Waals surface area contributed by atoms with Gasteiger partial charge in [-0.2, -0.15) is 0 Å². The van der Waals surface area contributed by atoms with Crippen LogP contribution in [0.1, 0.15) is 6.42 Å². The zero-order valence-corrected chi connectivity index (χ0v) is 17.3. The van der Waals surface area contributed by atoms with Gasteiger partial charge in [-0.15, -0.1) is 11.8 Å². The van der Waals surface area contributed by atoms with Gasteiger partial charge in [0, 0.05) is 30.2 Å². The lowest BCUT2D eigenvalue weighted by Crippen LogP contribution is -2.36. The van der Waals surface area contributed by atoms with E-state index in [1.165, 1.54) is 41.3 Å². The highest BCUT2D eigenvalue weighted by atomic mass is 32.2. The van der Waals surface area contributed by atoms with Crippen molar-refractivity contribution < 1.29 is 13.6 Å². The van der Waals surface area contributed by atoms with E-state index in [1.807, 2.05) is 19.0 Å². The van der Waals surface area contributed by atoms with E-state index in [1.54, 1.807) is 29.2 Å². The summed E-state index contributed by atoms with van der Waals surface area (Å²) in [6.07, 6.45) is 0.313. The van der Waals surface area contributed by atoms with Gasteiger partial charge in [0.15, 0.2) is 5.13 Å². The monoisotopic (exact) mass is 421 g/mol. The van der Waals surface area contributed by atoms with E-state index in [-0.39, 0.29) is 17.5 Å². The third-order valence-electron chi connectivity index (χ3n) is 4.06. The van der Waals surface area contributed by atoms with Crippen molar-refractivity contribution in [1.82, 2.24) is 9.88 Å². The number of thiazole rings is 1. The number of rotatable bonds is 8. The van der Waals surface area contributed by atoms with Gasteiger partial charge in [-0.3, -0.25) is 9.69 Å². The number of benzene rings is 2. The van der Waals surface area contributed by atoms with Gasteiger partial charge in [0.2, 0.25) is 5.91 Å². The fourth-order valence-corrected chi connectivity index (χ4v) is 4.43. The first-order valence-electron chi connectivity index (χ1n) is 8.82. The van der Waals surface area contributed by atoms with E-state index >= 15 is 0 Å². The van der Waals surface area contributed by atoms with Crippen molar-refractivity contribution in [3.8, 4) is 0 Å². The normalized spacial score (nSPS) is 11.3. The molecule has 148 valence electrons. The summed E-state index contributed by atoms with van der Waals surface area (Å²) in [5.41, 5.74) is 0.297. The van der Waals surface area contributed by atoms with Crippen LogP contribution in [0.15, 0.2) is 47.4 Å². The van der Waals surface area contributed by atoms with Crippen LogP contribution < -0.4 is 4.90 Å². The Balaban J connectivity index is 1.71. The molecule has 0 aliphatic heterocycles. The summed E-state index contributed by atoms with van der Waals surface area (Å²) in [6, 6.07) is 11.0. The number of halogens is 2. The fraction of sp³-hybridized carbons (Fsp3) is 0.300. The van der Waals surface area contributed by atoms with Crippen LogP contribution in [-0.2, 0) is 4.79 Å². The number of carbonyl (C=O) groups is 1. The molecule has 0 bridgehead atoms. The molecule has 1 amide bonds. The number of fused-ring (bicyclic) bond motifs is 1. The molecule has 0 radical (unpaired) electrons. The molecule has 0 N–H and O–H groups in total. The predicted octanol–water partition coefficient (Wildman–Crippen LogP) is 4.65. The third-order valence-corrected chi connectivity index (χ3v) is 6.12. The standard InChI is InChI=1S/C20H21F2N3OS2/c1-24(2)11-12-25(20-23-19-16(22)4-3-5-17(19)28-20)18(26)10-13-27-15-8-6-14(21)7-9-15/h3-9H,10-13H2,1-2H3. The molecule has 8 heteroatoms. The minimum absolute atomic E-state index is 0.0593. The van der Waals surface area contributed by atoms with Crippen molar-refractivity contribution in [2.24, 2.45) is 0 Å². The number of likely N-dealkylation sites (N-methyl/N-ethyl adjacent to an activating group) is 1. The molecule has 0 aliphatic carbocycles. The molecule has 0 saturated heterocycles. The fourth-order valence-electron chi connectivity index (χ4n) is 2.57. The maximum Gasteiger partial charge on any atom is 0.229 e. The number of hydrogen-bond acceptors (Lipinski definition) is 5. The largest absolute Gasteiger partial charge is 0.308 e. The zero-order chi connectivity index (χ0) is 20.1. The minimum atomic E-state index is -0.383. The van der Waals surface area contributed by atoms with Gasteiger partial charge in [0.1, 0.15) is 17.2 Å². The summed E-state index contributed by atoms with van der Waals surface area (Å²) in [4.78, 5) is 21.8. The molecule has 0 unspecified atom stereocenters. The van der Waals surface area contributed by atoms with E-state index in [4.69, 9.17) is 0 Å². The van der Waals surface area contributed by atoms with E-state index in [2.05, 4.69) is 4.98 Å². The van der Waals surface area contributed by atoms with Crippen molar-refractivity contribution in [3.63, 3.8) is 0 Å². The molecule has 0 fully saturated rings. The van der Waals surface area contributed by atoms with Crippen LogP contribution in [-0.4, -0.2) is 48.7 Å². The zero-order valence-electron chi connectivity index (χ0n) is 15.7. The lowest BCUT2D eigenvalue weighted by Gasteiger charge is -2.22. The Morgan fingerprint density at radius 2 is 1.86 bits per heavy atom. The summed E-state index contributed by atoms with van der Waals surface area (Å²) >= 11 is 2.82. The highest BCUT2D eigenvalue weighted by Crippen LogP contribution is 2.31. The number of hydrogen-bond donors (Lipinski definition) is 0. The van der Waals surface area contributed by atoms with Gasteiger partial charge < -0.3 is 4.90 Å². The molecule has 1 heterocycles. The van der Waals surface area contributed by atoms with Crippen LogP contribution in [0.5, 0.6) is 0 Å². The molecule has 28 heavy (non-hydrogen) atoms. The van der Waals surface area contributed by atoms with Crippen molar-refractivity contribution in [2.45, 2.75) is 11.3 Å². The van der Waals surface area contributed by atoms with Crippen LogP contribution in [0, 0.1) is 11.6 Å². The summed E-state index contributed by atoms with van der Waals surface area (Å²) in [5.74, 6) is -0.150. The number of thioether (sulfide) groups is 1. The van der Waals surface area contributed by atoms with Crippen molar-refractivity contribution in [2.75, 3.05) is 37.8 Å². The SMILES string of the molecule is CN(C)CCN(C(=O)CCSc1ccc(F)cc1)c1nc2c(F)cccc2s1. The number of para-hydroxylation sites is 1. The topological polar surface area (TPSA) is 36.4 Å². The smallest absolute Gasteiger partial charge is 0.229 e. The number of aromatic nitrogens is 1. The van der Waals surface area contributed by atoms with E-state index in [0.717, 1.165) is 9.60 Å². The quantitative estimate of drug-likeness (QED) is 0.496. The molecule has 1 aromatic heterocycles. The Morgan fingerprint density at radius 1 is 1.11 bits per heavy atom. The van der Waals surface area contributed by atoms with E-state index < -0.39 is 0 Å². The minimum Gasteiger partial charge on any atom is -0.308 e. The van der Waals surface area contributed by atoms with Crippen LogP contribution in [0.2, 0.25) is 0 Å². The summed E-state index contributed by atoms with van der Waals surface area (Å²) in [7, 11) is 3.87. The Kier molecular flexibility index (Phi) is 6.98. The lowest BCUT2D eigenvalue weighted by atomic mass is 10.3. The van der Waals surface area contributed by atoms with Gasteiger partial charge in [-0.05, 0) is 50.5 Å². The lowest BCUT2D eigenvalue weighted by molar-refractivity contribution is -0.118. The number of nitrogens with zero attached hydrogens (tertiary/aromatic N) is 3. The molecular formula is C20H21F2N3OS2. The maximum atomic E-state index is 14.0. The van der Waals surface area contributed by atoms with Crippen molar-refractivity contribution in [3.05, 3.63) is 54.1 Å². The number of anilines is 1. The van der Waals surface area contributed by atoms with Gasteiger partial charge in [-0.25, -0.2) is 13.8 Å². The van der Waals surface area contributed by atoms with Crippen LogP contribution in [0.3, 0.4) is 0 Å². The van der Waals surface area contributed by atoms with Crippen LogP contribution in [0.25, 0.3) is 10.2 Å². The first-order valence-corrected chi connectivity index (χ1v) is 10.6. The molecule has 2 aromatic carbocycles. The second-order valence-electron chi connectivity index (χ2n) is 6.48. The Morgan fingerprint density at radius 3 is 2.54 bits per heavy atom. The second kappa shape index (κ2) is 9.45. The molecule has 3 aromatic rings. The predicted molar refractivity (Wildman–Crippen MR) is 112 cm³/mol. The maximum absolute atomic E-state index is 14.0. The second-order valence-corrected chi connectivity index (χ2v) is 8.66. The van der Waals surface area contributed by atoms with E-state index in [0.29, 0.717) is 35.9 Å². The number of amides is 1. The Hall–Kier alpha value is -2.03. The highest BCUT2D eigenvalue weighted by molar-refractivity contribution is 7.99. The molecular weight excluding hydrogens is 400 g/mol. The van der Waals surface area contributed by atoms with Crippen LogP contribution >= 0.6 is 23.1 Å².